The van der Waals surface area contributed by atoms with E-state index >= 15 is 0 Å². The number of ether oxygens (including phenoxy) is 1. The van der Waals surface area contributed by atoms with Crippen molar-refractivity contribution in [3.63, 3.8) is 0 Å². The molecule has 1 rings (SSSR count). The van der Waals surface area contributed by atoms with Gasteiger partial charge >= 0.3 is 18.4 Å². The number of rotatable bonds is 2. The summed E-state index contributed by atoms with van der Waals surface area (Å²) in [6.07, 6.45) is -15.3. The summed E-state index contributed by atoms with van der Waals surface area (Å²) in [6.45, 7) is 6.16. The highest BCUT2D eigenvalue weighted by Gasteiger charge is 2.60. The molecule has 0 aromatic heterocycles. The van der Waals surface area contributed by atoms with Crippen LogP contribution in [-0.4, -0.2) is 42.5 Å². The predicted molar refractivity (Wildman–Crippen MR) is 70.7 cm³/mol. The van der Waals surface area contributed by atoms with Crippen LogP contribution < -0.4 is 0 Å². The Bertz CT molecular complexity index is 406. The van der Waals surface area contributed by atoms with Crippen LogP contribution in [0.15, 0.2) is 0 Å². The van der Waals surface area contributed by atoms with Crippen molar-refractivity contribution in [1.82, 2.24) is 4.90 Å². The van der Waals surface area contributed by atoms with Crippen LogP contribution in [0.1, 0.15) is 40.0 Å². The summed E-state index contributed by atoms with van der Waals surface area (Å²) in [4.78, 5) is 12.7. The van der Waals surface area contributed by atoms with Crippen LogP contribution in [0.3, 0.4) is 0 Å². The number of likely N-dealkylation sites (tertiary alicyclic amines) is 1. The van der Waals surface area contributed by atoms with Crippen molar-refractivity contribution in [3.8, 4) is 0 Å². The number of hydrogen-bond donors (Lipinski definition) is 0. The fraction of sp³-hybridized carbons (Fsp3) is 0.929. The lowest BCUT2D eigenvalue weighted by molar-refractivity contribution is -0.308. The van der Waals surface area contributed by atoms with E-state index in [1.807, 2.05) is 20.8 Å². The zero-order valence-electron chi connectivity index (χ0n) is 13.2. The Labute approximate surface area is 131 Å². The number of halogens is 6. The molecule has 1 heterocycles. The van der Waals surface area contributed by atoms with E-state index in [4.69, 9.17) is 0 Å². The molecule has 0 aromatic carbocycles. The van der Waals surface area contributed by atoms with Gasteiger partial charge in [-0.15, -0.1) is 0 Å². The normalized spacial score (nSPS) is 24.0. The van der Waals surface area contributed by atoms with Gasteiger partial charge in [-0.2, -0.15) is 26.3 Å². The molecule has 1 aliphatic heterocycles. The minimum absolute atomic E-state index is 0.0793. The molecule has 0 aromatic rings. The molecular weight excluding hydrogens is 328 g/mol. The van der Waals surface area contributed by atoms with E-state index in [1.165, 1.54) is 0 Å². The summed E-state index contributed by atoms with van der Waals surface area (Å²) in [5, 5.41) is 0. The zero-order valence-corrected chi connectivity index (χ0v) is 13.2. The molecule has 0 saturated carbocycles. The van der Waals surface area contributed by atoms with E-state index in [-0.39, 0.29) is 24.4 Å². The van der Waals surface area contributed by atoms with Crippen LogP contribution in [0.2, 0.25) is 0 Å². The molecule has 1 atom stereocenters. The first-order valence-corrected chi connectivity index (χ1v) is 7.36. The summed E-state index contributed by atoms with van der Waals surface area (Å²) in [5.41, 5.74) is -0.109. The Morgan fingerprint density at radius 1 is 1.04 bits per heavy atom. The summed E-state index contributed by atoms with van der Waals surface area (Å²) in [5.74, 6) is 0.288. The lowest BCUT2D eigenvalue weighted by atomic mass is 9.73. The minimum Gasteiger partial charge on any atom is -0.426 e. The maximum Gasteiger partial charge on any atom is 0.434 e. The Balaban J connectivity index is 2.78. The second-order valence-electron chi connectivity index (χ2n) is 6.50. The number of carbonyl (C=O) groups excluding carboxylic acids is 1. The van der Waals surface area contributed by atoms with Crippen molar-refractivity contribution in [2.75, 3.05) is 13.1 Å². The maximum atomic E-state index is 12.4. The number of alkyl halides is 6. The predicted octanol–water partition coefficient (Wildman–Crippen LogP) is 4.76. The SMILES string of the molecule is CC(C)C1(C)CCCN(C(=O)OC(C(F)(F)F)C(F)(F)F)CC1. The summed E-state index contributed by atoms with van der Waals surface area (Å²) < 4.78 is 78.4. The quantitative estimate of drug-likeness (QED) is 0.673. The second-order valence-corrected chi connectivity index (χ2v) is 6.50. The summed E-state index contributed by atoms with van der Waals surface area (Å²) in [6, 6.07) is 0. The van der Waals surface area contributed by atoms with E-state index in [1.54, 1.807) is 0 Å². The van der Waals surface area contributed by atoms with Gasteiger partial charge in [0.15, 0.2) is 0 Å². The van der Waals surface area contributed by atoms with Crippen molar-refractivity contribution in [2.24, 2.45) is 11.3 Å². The van der Waals surface area contributed by atoms with Crippen molar-refractivity contribution in [3.05, 3.63) is 0 Å². The average Bonchev–Trinajstić information content (AvgIpc) is 2.56. The van der Waals surface area contributed by atoms with Gasteiger partial charge in [0.05, 0.1) is 0 Å². The molecule has 136 valence electrons. The van der Waals surface area contributed by atoms with Crippen LogP contribution in [0.5, 0.6) is 0 Å². The second kappa shape index (κ2) is 6.76. The zero-order chi connectivity index (χ0) is 18.1. The fourth-order valence-electron chi connectivity index (χ4n) is 2.56. The van der Waals surface area contributed by atoms with E-state index < -0.39 is 24.5 Å². The summed E-state index contributed by atoms with van der Waals surface area (Å²) in [7, 11) is 0. The lowest BCUT2D eigenvalue weighted by Crippen LogP contribution is -2.48. The molecule has 3 nitrogen and oxygen atoms in total. The lowest BCUT2D eigenvalue weighted by Gasteiger charge is -2.32. The van der Waals surface area contributed by atoms with Crippen molar-refractivity contribution in [2.45, 2.75) is 58.5 Å². The van der Waals surface area contributed by atoms with Crippen LogP contribution in [0.4, 0.5) is 31.1 Å². The molecule has 9 heteroatoms. The highest BCUT2D eigenvalue weighted by molar-refractivity contribution is 5.68. The van der Waals surface area contributed by atoms with Gasteiger partial charge in [0.2, 0.25) is 0 Å². The van der Waals surface area contributed by atoms with E-state index in [2.05, 4.69) is 4.74 Å². The molecule has 1 saturated heterocycles. The van der Waals surface area contributed by atoms with Gasteiger partial charge in [0.25, 0.3) is 6.10 Å². The first kappa shape index (κ1) is 19.9. The Morgan fingerprint density at radius 3 is 2.00 bits per heavy atom. The highest BCUT2D eigenvalue weighted by Crippen LogP contribution is 2.39. The number of nitrogens with zero attached hydrogens (tertiary/aromatic N) is 1. The van der Waals surface area contributed by atoms with Crippen LogP contribution in [-0.2, 0) is 4.74 Å². The number of carbonyl (C=O) groups is 1. The van der Waals surface area contributed by atoms with Gasteiger partial charge in [-0.1, -0.05) is 20.8 Å². The topological polar surface area (TPSA) is 29.5 Å². The van der Waals surface area contributed by atoms with Gasteiger partial charge in [0, 0.05) is 13.1 Å². The summed E-state index contributed by atoms with van der Waals surface area (Å²) >= 11 is 0. The molecule has 0 radical (unpaired) electrons. The Hall–Kier alpha value is -1.15. The van der Waals surface area contributed by atoms with E-state index in [0.29, 0.717) is 12.8 Å². The van der Waals surface area contributed by atoms with Crippen LogP contribution in [0, 0.1) is 11.3 Å². The monoisotopic (exact) mass is 349 g/mol. The van der Waals surface area contributed by atoms with Crippen LogP contribution >= 0.6 is 0 Å². The standard InChI is InChI=1S/C14H21F6NO2/c1-9(2)12(3)5-4-7-21(8-6-12)11(22)23-10(13(15,16)17)14(18,19)20/h9-10H,4-8H2,1-3H3. The first-order chi connectivity index (χ1) is 10.3. The first-order valence-electron chi connectivity index (χ1n) is 7.36. The van der Waals surface area contributed by atoms with Gasteiger partial charge < -0.3 is 9.64 Å². The minimum atomic E-state index is -5.69. The Kier molecular flexibility index (Phi) is 5.85. The molecule has 1 unspecified atom stereocenters. The van der Waals surface area contributed by atoms with Crippen molar-refractivity contribution in [1.29, 1.82) is 0 Å². The molecular formula is C14H21F6NO2. The molecule has 1 fully saturated rings. The fourth-order valence-corrected chi connectivity index (χ4v) is 2.56. The van der Waals surface area contributed by atoms with Gasteiger partial charge in [-0.05, 0) is 30.6 Å². The van der Waals surface area contributed by atoms with Gasteiger partial charge in [-0.3, -0.25) is 0 Å². The smallest absolute Gasteiger partial charge is 0.426 e. The van der Waals surface area contributed by atoms with Gasteiger partial charge in [-0.25, -0.2) is 4.79 Å². The van der Waals surface area contributed by atoms with Crippen molar-refractivity contribution < 1.29 is 35.9 Å². The third-order valence-corrected chi connectivity index (χ3v) is 4.59. The molecule has 1 aliphatic rings. The molecule has 0 aliphatic carbocycles. The van der Waals surface area contributed by atoms with Crippen molar-refractivity contribution >= 4 is 6.09 Å². The van der Waals surface area contributed by atoms with E-state index in [0.717, 1.165) is 11.3 Å². The molecule has 0 spiro atoms. The van der Waals surface area contributed by atoms with Crippen LogP contribution in [0.25, 0.3) is 0 Å². The van der Waals surface area contributed by atoms with E-state index in [9.17, 15) is 31.1 Å². The molecule has 23 heavy (non-hydrogen) atoms. The average molecular weight is 349 g/mol. The third-order valence-electron chi connectivity index (χ3n) is 4.59. The van der Waals surface area contributed by atoms with Gasteiger partial charge in [0.1, 0.15) is 0 Å². The Morgan fingerprint density at radius 2 is 1.57 bits per heavy atom. The number of amides is 1. The molecule has 1 amide bonds. The third kappa shape index (κ3) is 5.17. The maximum absolute atomic E-state index is 12.4. The molecule has 0 bridgehead atoms. The largest absolute Gasteiger partial charge is 0.434 e. The highest BCUT2D eigenvalue weighted by atomic mass is 19.4. The number of hydrogen-bond acceptors (Lipinski definition) is 2. The molecule has 0 N–H and O–H groups in total.